The Kier molecular flexibility index (Phi) is 6.00. The number of nitrogens with one attached hydrogen (secondary N) is 1. The van der Waals surface area contributed by atoms with Crippen LogP contribution in [0.1, 0.15) is 18.9 Å². The van der Waals surface area contributed by atoms with E-state index >= 15 is 0 Å². The first-order valence-electron chi connectivity index (χ1n) is 5.88. The quantitative estimate of drug-likeness (QED) is 0.763. The molecule has 0 saturated carbocycles. The minimum absolute atomic E-state index is 0.0468. The van der Waals surface area contributed by atoms with Gasteiger partial charge < -0.3 is 19.9 Å². The summed E-state index contributed by atoms with van der Waals surface area (Å²) in [5.74, 6) is 0.830. The summed E-state index contributed by atoms with van der Waals surface area (Å²) in [6.45, 7) is 2.52. The smallest absolute Gasteiger partial charge is 0.257 e. The fourth-order valence-electron chi connectivity index (χ4n) is 1.39. The molecule has 0 saturated heterocycles. The second-order valence-corrected chi connectivity index (χ2v) is 3.78. The lowest BCUT2D eigenvalue weighted by Gasteiger charge is -2.11. The number of aliphatic hydroxyl groups excluding tert-OH is 1. The summed E-state index contributed by atoms with van der Waals surface area (Å²) < 4.78 is 10.5. The number of hydrogen-bond acceptors (Lipinski definition) is 4. The molecule has 0 fully saturated rings. The summed E-state index contributed by atoms with van der Waals surface area (Å²) in [6.07, 6.45) is 0.889. The molecule has 0 radical (unpaired) electrons. The van der Waals surface area contributed by atoms with Crippen LogP contribution in [0.4, 0.5) is 0 Å². The number of methoxy groups -OCH3 is 1. The van der Waals surface area contributed by atoms with Crippen LogP contribution in [0.15, 0.2) is 18.2 Å². The minimum atomic E-state index is -0.162. The predicted octanol–water partition coefficient (Wildman–Crippen LogP) is 1.09. The molecule has 0 aliphatic heterocycles. The molecule has 0 unspecified atom stereocenters. The highest BCUT2D eigenvalue weighted by atomic mass is 16.5. The standard InChI is InChI=1S/C13H19NO4/c1-3-6-14-13(16)9-18-11-5-4-10(8-15)7-12(11)17-2/h4-5,7,15H,3,6,8-9H2,1-2H3,(H,14,16). The maximum Gasteiger partial charge on any atom is 0.257 e. The van der Waals surface area contributed by atoms with Gasteiger partial charge in [0.15, 0.2) is 18.1 Å². The topological polar surface area (TPSA) is 67.8 Å². The van der Waals surface area contributed by atoms with Crippen molar-refractivity contribution in [3.05, 3.63) is 23.8 Å². The van der Waals surface area contributed by atoms with Gasteiger partial charge in [0, 0.05) is 6.54 Å². The Bertz CT molecular complexity index is 393. The first-order chi connectivity index (χ1) is 8.71. The number of carbonyl (C=O) groups excluding carboxylic acids is 1. The molecule has 1 amide bonds. The van der Waals surface area contributed by atoms with E-state index in [4.69, 9.17) is 14.6 Å². The van der Waals surface area contributed by atoms with Crippen molar-refractivity contribution < 1.29 is 19.4 Å². The molecule has 0 spiro atoms. The fraction of sp³-hybridized carbons (Fsp3) is 0.462. The number of ether oxygens (including phenoxy) is 2. The van der Waals surface area contributed by atoms with Crippen molar-refractivity contribution in [1.29, 1.82) is 0 Å². The van der Waals surface area contributed by atoms with Crippen LogP contribution in [0.25, 0.3) is 0 Å². The van der Waals surface area contributed by atoms with Crippen LogP contribution in [0.5, 0.6) is 11.5 Å². The molecule has 0 heterocycles. The Morgan fingerprint density at radius 3 is 2.78 bits per heavy atom. The van der Waals surface area contributed by atoms with E-state index < -0.39 is 0 Å². The number of benzene rings is 1. The molecule has 0 aromatic heterocycles. The van der Waals surface area contributed by atoms with E-state index in [1.54, 1.807) is 18.2 Å². The van der Waals surface area contributed by atoms with Crippen molar-refractivity contribution in [3.63, 3.8) is 0 Å². The van der Waals surface area contributed by atoms with Crippen molar-refractivity contribution in [2.45, 2.75) is 20.0 Å². The molecular weight excluding hydrogens is 234 g/mol. The summed E-state index contributed by atoms with van der Waals surface area (Å²) in [4.78, 5) is 11.4. The molecule has 0 bridgehead atoms. The maximum atomic E-state index is 11.4. The summed E-state index contributed by atoms with van der Waals surface area (Å²) in [6, 6.07) is 5.08. The SMILES string of the molecule is CCCNC(=O)COc1ccc(CO)cc1OC. The third-order valence-corrected chi connectivity index (χ3v) is 2.34. The second-order valence-electron chi connectivity index (χ2n) is 3.78. The van der Waals surface area contributed by atoms with Crippen LogP contribution in [0.3, 0.4) is 0 Å². The Labute approximate surface area is 107 Å². The molecule has 0 aliphatic carbocycles. The van der Waals surface area contributed by atoms with E-state index in [9.17, 15) is 4.79 Å². The number of rotatable bonds is 7. The summed E-state index contributed by atoms with van der Waals surface area (Å²) in [5, 5.41) is 11.7. The van der Waals surface area contributed by atoms with E-state index in [1.807, 2.05) is 6.92 Å². The molecule has 1 rings (SSSR count). The third-order valence-electron chi connectivity index (χ3n) is 2.34. The Balaban J connectivity index is 2.58. The number of aliphatic hydroxyl groups is 1. The van der Waals surface area contributed by atoms with Crippen molar-refractivity contribution in [3.8, 4) is 11.5 Å². The second kappa shape index (κ2) is 7.55. The highest BCUT2D eigenvalue weighted by Crippen LogP contribution is 2.27. The first kappa shape index (κ1) is 14.3. The van der Waals surface area contributed by atoms with E-state index in [-0.39, 0.29) is 19.1 Å². The molecular formula is C13H19NO4. The van der Waals surface area contributed by atoms with Crippen molar-refractivity contribution in [1.82, 2.24) is 5.32 Å². The zero-order chi connectivity index (χ0) is 13.4. The van der Waals surface area contributed by atoms with Crippen LogP contribution in [-0.4, -0.2) is 31.3 Å². The fourth-order valence-corrected chi connectivity index (χ4v) is 1.39. The average Bonchev–Trinajstić information content (AvgIpc) is 2.42. The number of hydrogen-bond donors (Lipinski definition) is 2. The van der Waals surface area contributed by atoms with Gasteiger partial charge in [0.1, 0.15) is 0 Å². The van der Waals surface area contributed by atoms with Gasteiger partial charge in [-0.25, -0.2) is 0 Å². The van der Waals surface area contributed by atoms with Crippen molar-refractivity contribution in [2.75, 3.05) is 20.3 Å². The van der Waals surface area contributed by atoms with Gasteiger partial charge in [0.25, 0.3) is 5.91 Å². The molecule has 0 atom stereocenters. The number of amides is 1. The van der Waals surface area contributed by atoms with Crippen molar-refractivity contribution >= 4 is 5.91 Å². The molecule has 5 nitrogen and oxygen atoms in total. The van der Waals surface area contributed by atoms with E-state index in [1.165, 1.54) is 7.11 Å². The lowest BCUT2D eigenvalue weighted by atomic mass is 10.2. The zero-order valence-corrected chi connectivity index (χ0v) is 10.7. The molecule has 0 aliphatic rings. The highest BCUT2D eigenvalue weighted by molar-refractivity contribution is 5.77. The van der Waals surface area contributed by atoms with E-state index in [0.29, 0.717) is 18.0 Å². The minimum Gasteiger partial charge on any atom is -0.493 e. The van der Waals surface area contributed by atoms with Crippen LogP contribution >= 0.6 is 0 Å². The third kappa shape index (κ3) is 4.25. The molecule has 2 N–H and O–H groups in total. The Morgan fingerprint density at radius 2 is 2.17 bits per heavy atom. The Morgan fingerprint density at radius 1 is 1.39 bits per heavy atom. The lowest BCUT2D eigenvalue weighted by molar-refractivity contribution is -0.123. The van der Waals surface area contributed by atoms with Crippen LogP contribution in [0, 0.1) is 0 Å². The zero-order valence-electron chi connectivity index (χ0n) is 10.7. The van der Waals surface area contributed by atoms with Gasteiger partial charge >= 0.3 is 0 Å². The van der Waals surface area contributed by atoms with Crippen molar-refractivity contribution in [2.24, 2.45) is 0 Å². The molecule has 1 aromatic rings. The number of carbonyl (C=O) groups is 1. The molecule has 18 heavy (non-hydrogen) atoms. The first-order valence-corrected chi connectivity index (χ1v) is 5.88. The maximum absolute atomic E-state index is 11.4. The largest absolute Gasteiger partial charge is 0.493 e. The van der Waals surface area contributed by atoms with Gasteiger partial charge in [-0.2, -0.15) is 0 Å². The molecule has 5 heteroatoms. The van der Waals surface area contributed by atoms with Gasteiger partial charge in [0.05, 0.1) is 13.7 Å². The predicted molar refractivity (Wildman–Crippen MR) is 67.7 cm³/mol. The van der Waals surface area contributed by atoms with Gasteiger partial charge in [-0.15, -0.1) is 0 Å². The summed E-state index contributed by atoms with van der Waals surface area (Å²) >= 11 is 0. The van der Waals surface area contributed by atoms with Crippen LogP contribution in [-0.2, 0) is 11.4 Å². The Hall–Kier alpha value is -1.75. The normalized spacial score (nSPS) is 9.94. The molecule has 100 valence electrons. The van der Waals surface area contributed by atoms with Gasteiger partial charge in [-0.3, -0.25) is 4.79 Å². The van der Waals surface area contributed by atoms with Gasteiger partial charge in [0.2, 0.25) is 0 Å². The average molecular weight is 253 g/mol. The van der Waals surface area contributed by atoms with Gasteiger partial charge in [-0.05, 0) is 24.1 Å². The monoisotopic (exact) mass is 253 g/mol. The highest BCUT2D eigenvalue weighted by Gasteiger charge is 2.07. The van der Waals surface area contributed by atoms with Crippen LogP contribution in [0.2, 0.25) is 0 Å². The summed E-state index contributed by atoms with van der Waals surface area (Å²) in [5.41, 5.74) is 0.731. The van der Waals surface area contributed by atoms with E-state index in [2.05, 4.69) is 5.32 Å². The van der Waals surface area contributed by atoms with Crippen LogP contribution < -0.4 is 14.8 Å². The van der Waals surface area contributed by atoms with Gasteiger partial charge in [-0.1, -0.05) is 13.0 Å². The summed E-state index contributed by atoms with van der Waals surface area (Å²) in [7, 11) is 1.51. The lowest BCUT2D eigenvalue weighted by Crippen LogP contribution is -2.29. The van der Waals surface area contributed by atoms with E-state index in [0.717, 1.165) is 12.0 Å². The molecule has 1 aromatic carbocycles.